The van der Waals surface area contributed by atoms with Crippen molar-refractivity contribution in [2.24, 2.45) is 5.73 Å². The van der Waals surface area contributed by atoms with Crippen LogP contribution < -0.4 is 5.73 Å². The summed E-state index contributed by atoms with van der Waals surface area (Å²) in [4.78, 5) is 0. The number of aromatic nitrogens is 2. The topological polar surface area (TPSA) is 62.3 Å². The Bertz CT molecular complexity index is 346. The van der Waals surface area contributed by atoms with Gasteiger partial charge in [-0.2, -0.15) is 5.10 Å². The molecular formula is C13H25N3O2. The normalized spacial score (nSPS) is 13.2. The second-order valence-electron chi connectivity index (χ2n) is 4.24. The quantitative estimate of drug-likeness (QED) is 0.715. The van der Waals surface area contributed by atoms with Gasteiger partial charge in [0.05, 0.1) is 11.7 Å². The molecule has 1 rings (SSSR count). The molecule has 0 saturated carbocycles. The van der Waals surface area contributed by atoms with Crippen molar-refractivity contribution in [2.75, 3.05) is 13.2 Å². The molecule has 1 atom stereocenters. The first-order valence-corrected chi connectivity index (χ1v) is 6.64. The van der Waals surface area contributed by atoms with Gasteiger partial charge in [-0.3, -0.25) is 4.68 Å². The zero-order chi connectivity index (χ0) is 13.5. The van der Waals surface area contributed by atoms with Gasteiger partial charge in [-0.25, -0.2) is 0 Å². The van der Waals surface area contributed by atoms with Crippen LogP contribution in [0.4, 0.5) is 0 Å². The Morgan fingerprint density at radius 1 is 1.28 bits per heavy atom. The van der Waals surface area contributed by atoms with Gasteiger partial charge in [0.1, 0.15) is 0 Å². The number of ether oxygens (including phenoxy) is 2. The molecule has 0 amide bonds. The first kappa shape index (κ1) is 15.1. The maximum Gasteiger partial charge on any atom is 0.172 e. The van der Waals surface area contributed by atoms with Crippen LogP contribution in [-0.4, -0.2) is 35.3 Å². The summed E-state index contributed by atoms with van der Waals surface area (Å²) in [6.45, 7) is 10.0. The fourth-order valence-electron chi connectivity index (χ4n) is 2.00. The third-order valence-corrected chi connectivity index (χ3v) is 2.74. The van der Waals surface area contributed by atoms with Crippen LogP contribution in [0.1, 0.15) is 32.2 Å². The van der Waals surface area contributed by atoms with E-state index >= 15 is 0 Å². The Morgan fingerprint density at radius 3 is 2.39 bits per heavy atom. The Kier molecular flexibility index (Phi) is 6.32. The van der Waals surface area contributed by atoms with Gasteiger partial charge in [0, 0.05) is 31.9 Å². The molecule has 0 saturated heterocycles. The second kappa shape index (κ2) is 7.51. The minimum Gasteiger partial charge on any atom is -0.351 e. The molecule has 5 heteroatoms. The third-order valence-electron chi connectivity index (χ3n) is 2.74. The summed E-state index contributed by atoms with van der Waals surface area (Å²) in [6.07, 6.45) is 0.361. The minimum absolute atomic E-state index is 0.175. The molecule has 0 aliphatic rings. The van der Waals surface area contributed by atoms with Crippen LogP contribution in [0.2, 0.25) is 0 Å². The molecule has 0 spiro atoms. The molecule has 0 aliphatic heterocycles. The van der Waals surface area contributed by atoms with Gasteiger partial charge in [-0.15, -0.1) is 0 Å². The van der Waals surface area contributed by atoms with E-state index in [2.05, 4.69) is 18.1 Å². The smallest absolute Gasteiger partial charge is 0.172 e. The van der Waals surface area contributed by atoms with Crippen molar-refractivity contribution in [3.63, 3.8) is 0 Å². The van der Waals surface area contributed by atoms with Gasteiger partial charge >= 0.3 is 0 Å². The summed E-state index contributed by atoms with van der Waals surface area (Å²) in [6, 6.07) is 1.89. The Balaban J connectivity index is 2.68. The van der Waals surface area contributed by atoms with Crippen LogP contribution >= 0.6 is 0 Å². The average Bonchev–Trinajstić information content (AvgIpc) is 2.69. The van der Waals surface area contributed by atoms with Gasteiger partial charge < -0.3 is 15.2 Å². The van der Waals surface area contributed by atoms with Crippen LogP contribution in [-0.2, 0) is 22.4 Å². The summed E-state index contributed by atoms with van der Waals surface area (Å²) < 4.78 is 13.0. The van der Waals surface area contributed by atoms with Crippen molar-refractivity contribution < 1.29 is 9.47 Å². The summed E-state index contributed by atoms with van der Waals surface area (Å²) in [7, 11) is 0. The van der Waals surface area contributed by atoms with Crippen molar-refractivity contribution in [1.29, 1.82) is 0 Å². The number of rotatable bonds is 8. The number of nitrogens with two attached hydrogens (primary N) is 1. The van der Waals surface area contributed by atoms with Gasteiger partial charge in [-0.1, -0.05) is 0 Å². The van der Waals surface area contributed by atoms with E-state index in [4.69, 9.17) is 15.2 Å². The van der Waals surface area contributed by atoms with Crippen LogP contribution in [0.3, 0.4) is 0 Å². The molecule has 1 unspecified atom stereocenters. The van der Waals surface area contributed by atoms with Crippen LogP contribution in [0.15, 0.2) is 6.07 Å². The van der Waals surface area contributed by atoms with Crippen LogP contribution in [0.5, 0.6) is 0 Å². The highest BCUT2D eigenvalue weighted by atomic mass is 16.7. The van der Waals surface area contributed by atoms with Crippen molar-refractivity contribution >= 4 is 0 Å². The van der Waals surface area contributed by atoms with Crippen LogP contribution in [0.25, 0.3) is 0 Å². The van der Waals surface area contributed by atoms with E-state index in [1.807, 2.05) is 25.5 Å². The predicted molar refractivity (Wildman–Crippen MR) is 71.4 cm³/mol. The SMILES string of the molecule is CCOC(OCC)C(N)Cc1cc(C)nn1CC. The molecule has 0 fully saturated rings. The lowest BCUT2D eigenvalue weighted by atomic mass is 10.1. The third kappa shape index (κ3) is 4.08. The predicted octanol–water partition coefficient (Wildman–Crippen LogP) is 1.48. The van der Waals surface area contributed by atoms with Crippen LogP contribution in [0, 0.1) is 6.92 Å². The number of aryl methyl sites for hydroxylation is 2. The molecule has 0 aliphatic carbocycles. The monoisotopic (exact) mass is 255 g/mol. The summed E-state index contributed by atoms with van der Waals surface area (Å²) in [5.41, 5.74) is 8.31. The van der Waals surface area contributed by atoms with Crippen molar-refractivity contribution in [1.82, 2.24) is 9.78 Å². The highest BCUT2D eigenvalue weighted by Gasteiger charge is 2.20. The van der Waals surface area contributed by atoms with E-state index in [9.17, 15) is 0 Å². The first-order chi connectivity index (χ1) is 8.62. The zero-order valence-electron chi connectivity index (χ0n) is 11.8. The lowest BCUT2D eigenvalue weighted by Gasteiger charge is -2.23. The van der Waals surface area contributed by atoms with Gasteiger partial charge in [0.15, 0.2) is 6.29 Å². The molecule has 1 heterocycles. The maximum atomic E-state index is 6.16. The van der Waals surface area contributed by atoms with Gasteiger partial charge in [-0.05, 0) is 33.8 Å². The Labute approximate surface area is 109 Å². The van der Waals surface area contributed by atoms with E-state index in [0.717, 1.165) is 17.9 Å². The largest absolute Gasteiger partial charge is 0.351 e. The number of nitrogens with zero attached hydrogens (tertiary/aromatic N) is 2. The molecule has 5 nitrogen and oxygen atoms in total. The zero-order valence-corrected chi connectivity index (χ0v) is 11.8. The molecular weight excluding hydrogens is 230 g/mol. The highest BCUT2D eigenvalue weighted by molar-refractivity contribution is 5.10. The molecule has 0 radical (unpaired) electrons. The van der Waals surface area contributed by atoms with Gasteiger partial charge in [0.25, 0.3) is 0 Å². The van der Waals surface area contributed by atoms with E-state index in [0.29, 0.717) is 19.6 Å². The summed E-state index contributed by atoms with van der Waals surface area (Å²) in [5.74, 6) is 0. The molecule has 2 N–H and O–H groups in total. The van der Waals surface area contributed by atoms with Crippen molar-refractivity contribution in [2.45, 2.75) is 53.0 Å². The second-order valence-corrected chi connectivity index (χ2v) is 4.24. The summed E-state index contributed by atoms with van der Waals surface area (Å²) >= 11 is 0. The first-order valence-electron chi connectivity index (χ1n) is 6.64. The minimum atomic E-state index is -0.347. The molecule has 1 aromatic heterocycles. The molecule has 18 heavy (non-hydrogen) atoms. The molecule has 104 valence electrons. The number of hydrogen-bond acceptors (Lipinski definition) is 4. The van der Waals surface area contributed by atoms with E-state index < -0.39 is 0 Å². The summed E-state index contributed by atoms with van der Waals surface area (Å²) in [5, 5.41) is 4.41. The highest BCUT2D eigenvalue weighted by Crippen LogP contribution is 2.10. The average molecular weight is 255 g/mol. The molecule has 0 aromatic carbocycles. The number of hydrogen-bond donors (Lipinski definition) is 1. The maximum absolute atomic E-state index is 6.16. The van der Waals surface area contributed by atoms with Crippen molar-refractivity contribution in [3.8, 4) is 0 Å². The van der Waals surface area contributed by atoms with E-state index in [1.165, 1.54) is 0 Å². The van der Waals surface area contributed by atoms with Gasteiger partial charge in [0.2, 0.25) is 0 Å². The van der Waals surface area contributed by atoms with E-state index in [1.54, 1.807) is 0 Å². The fourth-order valence-corrected chi connectivity index (χ4v) is 2.00. The molecule has 1 aromatic rings. The standard InChI is InChI=1S/C13H25N3O2/c1-5-16-11(8-10(4)15-16)9-12(14)13(17-6-2)18-7-3/h8,12-13H,5-7,9,14H2,1-4H3. The van der Waals surface area contributed by atoms with E-state index in [-0.39, 0.29) is 12.3 Å². The Morgan fingerprint density at radius 2 is 1.89 bits per heavy atom. The lowest BCUT2D eigenvalue weighted by Crippen LogP contribution is -2.41. The Hall–Kier alpha value is -0.910. The molecule has 0 bridgehead atoms. The lowest BCUT2D eigenvalue weighted by molar-refractivity contribution is -0.148. The van der Waals surface area contributed by atoms with Crippen molar-refractivity contribution in [3.05, 3.63) is 17.5 Å². The fraction of sp³-hybridized carbons (Fsp3) is 0.769.